The monoisotopic (exact) mass is 279 g/mol. The molecule has 20 heavy (non-hydrogen) atoms. The largest absolute Gasteiger partial charge is 0.490 e. The van der Waals surface area contributed by atoms with Gasteiger partial charge in [0.25, 0.3) is 0 Å². The van der Waals surface area contributed by atoms with E-state index in [-0.39, 0.29) is 17.5 Å². The van der Waals surface area contributed by atoms with Gasteiger partial charge in [-0.1, -0.05) is 12.8 Å². The van der Waals surface area contributed by atoms with Crippen LogP contribution in [0.5, 0.6) is 5.75 Å². The highest BCUT2D eigenvalue weighted by atomic mass is 19.1. The van der Waals surface area contributed by atoms with Gasteiger partial charge in [-0.15, -0.1) is 0 Å². The Labute approximate surface area is 119 Å². The van der Waals surface area contributed by atoms with E-state index < -0.39 is 0 Å². The quantitative estimate of drug-likeness (QED) is 0.924. The molecule has 3 rings (SSSR count). The Hall–Kier alpha value is -1.13. The van der Waals surface area contributed by atoms with Crippen molar-refractivity contribution < 1.29 is 13.9 Å². The van der Waals surface area contributed by atoms with Gasteiger partial charge in [-0.05, 0) is 31.0 Å². The van der Waals surface area contributed by atoms with Crippen LogP contribution in [0.2, 0.25) is 0 Å². The lowest BCUT2D eigenvalue weighted by molar-refractivity contribution is -0.108. The Morgan fingerprint density at radius 1 is 1.35 bits per heavy atom. The van der Waals surface area contributed by atoms with Crippen molar-refractivity contribution in [2.45, 2.75) is 56.8 Å². The number of hydrogen-bond donors (Lipinski definition) is 1. The summed E-state index contributed by atoms with van der Waals surface area (Å²) in [7, 11) is 0. The maximum absolute atomic E-state index is 13.2. The topological polar surface area (TPSA) is 44.5 Å². The second-order valence-electron chi connectivity index (χ2n) is 5.93. The Balaban J connectivity index is 1.71. The van der Waals surface area contributed by atoms with E-state index in [0.29, 0.717) is 12.3 Å². The van der Waals surface area contributed by atoms with Crippen molar-refractivity contribution in [3.63, 3.8) is 0 Å². The van der Waals surface area contributed by atoms with Crippen LogP contribution in [0.4, 0.5) is 4.39 Å². The average Bonchev–Trinajstić information content (AvgIpc) is 2.89. The molecule has 1 unspecified atom stereocenters. The van der Waals surface area contributed by atoms with E-state index in [1.807, 2.05) is 0 Å². The molecule has 1 atom stereocenters. The minimum atomic E-state index is -0.267. The zero-order chi connectivity index (χ0) is 14.0. The van der Waals surface area contributed by atoms with Crippen LogP contribution in [0.25, 0.3) is 0 Å². The number of nitrogens with two attached hydrogens (primary N) is 1. The molecule has 1 aliphatic carbocycles. The van der Waals surface area contributed by atoms with E-state index in [2.05, 4.69) is 0 Å². The van der Waals surface area contributed by atoms with Gasteiger partial charge in [0.1, 0.15) is 17.7 Å². The van der Waals surface area contributed by atoms with Crippen LogP contribution in [-0.2, 0) is 11.3 Å². The highest BCUT2D eigenvalue weighted by molar-refractivity contribution is 5.34. The van der Waals surface area contributed by atoms with Gasteiger partial charge in [-0.2, -0.15) is 0 Å². The van der Waals surface area contributed by atoms with Gasteiger partial charge in [0.15, 0.2) is 0 Å². The molecule has 0 aromatic heterocycles. The third-order valence-corrected chi connectivity index (χ3v) is 4.50. The van der Waals surface area contributed by atoms with Crippen molar-refractivity contribution in [3.05, 3.63) is 29.6 Å². The Morgan fingerprint density at radius 3 is 2.90 bits per heavy atom. The summed E-state index contributed by atoms with van der Waals surface area (Å²) in [6.07, 6.45) is 6.75. The number of benzene rings is 1. The molecule has 2 fully saturated rings. The Morgan fingerprint density at radius 2 is 2.15 bits per heavy atom. The molecule has 2 aliphatic rings. The molecule has 2 N–H and O–H groups in total. The summed E-state index contributed by atoms with van der Waals surface area (Å²) in [5.74, 6) is 0.450. The van der Waals surface area contributed by atoms with Crippen molar-refractivity contribution in [2.24, 2.45) is 5.73 Å². The standard InChI is InChI=1S/C16H22FNO2/c17-13-3-4-15(12(9-13)11-18)20-14-5-8-19-16(10-14)6-1-2-7-16/h3-4,9,14H,1-2,5-8,10-11,18H2. The predicted octanol–water partition coefficient (Wildman–Crippen LogP) is 3.16. The predicted molar refractivity (Wildman–Crippen MR) is 75.1 cm³/mol. The molecule has 0 bridgehead atoms. The molecular formula is C16H22FNO2. The normalized spacial score (nSPS) is 25.0. The maximum Gasteiger partial charge on any atom is 0.124 e. The Bertz CT molecular complexity index is 472. The highest BCUT2D eigenvalue weighted by Crippen LogP contribution is 2.41. The molecule has 0 amide bonds. The first-order chi connectivity index (χ1) is 9.71. The molecule has 1 spiro atoms. The number of hydrogen-bond acceptors (Lipinski definition) is 3. The maximum atomic E-state index is 13.2. The van der Waals surface area contributed by atoms with Crippen LogP contribution >= 0.6 is 0 Å². The first kappa shape index (κ1) is 13.8. The van der Waals surface area contributed by atoms with Gasteiger partial charge >= 0.3 is 0 Å². The van der Waals surface area contributed by atoms with E-state index in [9.17, 15) is 4.39 Å². The molecule has 1 heterocycles. The summed E-state index contributed by atoms with van der Waals surface area (Å²) in [4.78, 5) is 0. The molecule has 3 nitrogen and oxygen atoms in total. The summed E-state index contributed by atoms with van der Waals surface area (Å²) in [5.41, 5.74) is 6.44. The molecule has 1 saturated carbocycles. The fourth-order valence-electron chi connectivity index (χ4n) is 3.45. The third kappa shape index (κ3) is 2.81. The van der Waals surface area contributed by atoms with Crippen LogP contribution in [0.3, 0.4) is 0 Å². The first-order valence-corrected chi connectivity index (χ1v) is 7.50. The second kappa shape index (κ2) is 5.70. The van der Waals surface area contributed by atoms with Crippen LogP contribution in [0.15, 0.2) is 18.2 Å². The summed E-state index contributed by atoms with van der Waals surface area (Å²) in [5, 5.41) is 0. The molecule has 4 heteroatoms. The fourth-order valence-corrected chi connectivity index (χ4v) is 3.45. The van der Waals surface area contributed by atoms with Crippen molar-refractivity contribution >= 4 is 0 Å². The molecule has 0 radical (unpaired) electrons. The summed E-state index contributed by atoms with van der Waals surface area (Å²) >= 11 is 0. The molecular weight excluding hydrogens is 257 g/mol. The lowest BCUT2D eigenvalue weighted by atomic mass is 9.90. The van der Waals surface area contributed by atoms with E-state index >= 15 is 0 Å². The van der Waals surface area contributed by atoms with Gasteiger partial charge < -0.3 is 15.2 Å². The van der Waals surface area contributed by atoms with Crippen LogP contribution < -0.4 is 10.5 Å². The zero-order valence-corrected chi connectivity index (χ0v) is 11.7. The SMILES string of the molecule is NCc1cc(F)ccc1OC1CCOC2(CCCC2)C1. The summed E-state index contributed by atoms with van der Waals surface area (Å²) < 4.78 is 25.3. The minimum Gasteiger partial charge on any atom is -0.490 e. The van der Waals surface area contributed by atoms with Crippen molar-refractivity contribution in [2.75, 3.05) is 6.61 Å². The van der Waals surface area contributed by atoms with E-state index in [1.165, 1.54) is 25.0 Å². The van der Waals surface area contributed by atoms with Crippen molar-refractivity contribution in [1.29, 1.82) is 0 Å². The summed E-state index contributed by atoms with van der Waals surface area (Å²) in [6, 6.07) is 4.58. The zero-order valence-electron chi connectivity index (χ0n) is 11.7. The average molecular weight is 279 g/mol. The highest BCUT2D eigenvalue weighted by Gasteiger charge is 2.40. The third-order valence-electron chi connectivity index (χ3n) is 4.50. The Kier molecular flexibility index (Phi) is 3.94. The van der Waals surface area contributed by atoms with E-state index in [0.717, 1.165) is 37.9 Å². The second-order valence-corrected chi connectivity index (χ2v) is 5.93. The fraction of sp³-hybridized carbons (Fsp3) is 0.625. The van der Waals surface area contributed by atoms with Gasteiger partial charge in [0.2, 0.25) is 0 Å². The lowest BCUT2D eigenvalue weighted by Crippen LogP contribution is -2.41. The van der Waals surface area contributed by atoms with Gasteiger partial charge in [-0.3, -0.25) is 0 Å². The van der Waals surface area contributed by atoms with Crippen LogP contribution in [0.1, 0.15) is 44.1 Å². The van der Waals surface area contributed by atoms with Crippen LogP contribution in [0, 0.1) is 5.82 Å². The van der Waals surface area contributed by atoms with E-state index in [1.54, 1.807) is 6.07 Å². The van der Waals surface area contributed by atoms with Gasteiger partial charge in [-0.25, -0.2) is 4.39 Å². The summed E-state index contributed by atoms with van der Waals surface area (Å²) in [6.45, 7) is 1.05. The van der Waals surface area contributed by atoms with Gasteiger partial charge in [0, 0.05) is 24.9 Å². The first-order valence-electron chi connectivity index (χ1n) is 7.50. The van der Waals surface area contributed by atoms with Crippen molar-refractivity contribution in [3.8, 4) is 5.75 Å². The van der Waals surface area contributed by atoms with Crippen LogP contribution in [-0.4, -0.2) is 18.3 Å². The van der Waals surface area contributed by atoms with Crippen molar-refractivity contribution in [1.82, 2.24) is 0 Å². The van der Waals surface area contributed by atoms with E-state index in [4.69, 9.17) is 15.2 Å². The molecule has 1 aromatic rings. The molecule has 1 aromatic carbocycles. The molecule has 1 saturated heterocycles. The van der Waals surface area contributed by atoms with Gasteiger partial charge in [0.05, 0.1) is 12.2 Å². The smallest absolute Gasteiger partial charge is 0.124 e. The molecule has 1 aliphatic heterocycles. The number of halogens is 1. The minimum absolute atomic E-state index is 0.0336. The number of rotatable bonds is 3. The molecule has 110 valence electrons. The lowest BCUT2D eigenvalue weighted by Gasteiger charge is -2.38. The number of ether oxygens (including phenoxy) is 2.